The Morgan fingerprint density at radius 2 is 2.11 bits per heavy atom. The molecule has 0 bridgehead atoms. The van der Waals surface area contributed by atoms with Gasteiger partial charge in [0.2, 0.25) is 0 Å². The largest absolute Gasteiger partial charge is 0.411 e. The number of halogens is 1. The fourth-order valence-corrected chi connectivity index (χ4v) is 2.83. The molecule has 5 heteroatoms. The molecule has 0 saturated heterocycles. The first kappa shape index (κ1) is 11.8. The maximum Gasteiger partial charge on any atom is 0.124 e. The predicted molar refractivity (Wildman–Crippen MR) is 74.4 cm³/mol. The average molecular weight is 272 g/mol. The molecule has 0 amide bonds. The molecule has 1 aromatic heterocycles. The lowest BCUT2D eigenvalue weighted by atomic mass is 10.1. The number of fused-ring (bicyclic) bond motifs is 1. The van der Waals surface area contributed by atoms with Crippen LogP contribution in [0, 0.1) is 5.82 Å². The van der Waals surface area contributed by atoms with Gasteiger partial charge >= 0.3 is 0 Å². The van der Waals surface area contributed by atoms with Crippen LogP contribution in [0.15, 0.2) is 47.6 Å². The molecule has 0 saturated carbocycles. The van der Waals surface area contributed by atoms with E-state index in [0.29, 0.717) is 0 Å². The molecule has 19 heavy (non-hydrogen) atoms. The van der Waals surface area contributed by atoms with Crippen molar-refractivity contribution in [3.8, 4) is 10.6 Å². The zero-order valence-corrected chi connectivity index (χ0v) is 10.6. The van der Waals surface area contributed by atoms with Gasteiger partial charge in [-0.15, -0.1) is 11.3 Å². The van der Waals surface area contributed by atoms with Gasteiger partial charge in [0.05, 0.1) is 16.4 Å². The molecule has 1 heterocycles. The minimum atomic E-state index is -0.260. The van der Waals surface area contributed by atoms with E-state index in [9.17, 15) is 4.39 Å². The van der Waals surface area contributed by atoms with E-state index in [1.54, 1.807) is 6.07 Å². The number of hydrogen-bond donors (Lipinski definition) is 1. The highest BCUT2D eigenvalue weighted by Gasteiger charge is 2.07. The third-order valence-electron chi connectivity index (χ3n) is 2.69. The number of thiazole rings is 1. The molecule has 94 valence electrons. The maximum atomic E-state index is 13.1. The third kappa shape index (κ3) is 2.32. The van der Waals surface area contributed by atoms with Crippen LogP contribution in [0.25, 0.3) is 20.8 Å². The number of aromatic nitrogens is 1. The van der Waals surface area contributed by atoms with Crippen LogP contribution in [-0.2, 0) is 0 Å². The second kappa shape index (κ2) is 4.78. The first-order chi connectivity index (χ1) is 9.26. The van der Waals surface area contributed by atoms with Crippen LogP contribution in [0.4, 0.5) is 4.39 Å². The van der Waals surface area contributed by atoms with Crippen LogP contribution in [0.2, 0.25) is 0 Å². The minimum Gasteiger partial charge on any atom is -0.411 e. The van der Waals surface area contributed by atoms with Crippen molar-refractivity contribution >= 4 is 27.8 Å². The van der Waals surface area contributed by atoms with Gasteiger partial charge < -0.3 is 5.21 Å². The molecule has 3 nitrogen and oxygen atoms in total. The summed E-state index contributed by atoms with van der Waals surface area (Å²) in [5.41, 5.74) is 2.48. The van der Waals surface area contributed by atoms with E-state index in [1.165, 1.54) is 29.7 Å². The van der Waals surface area contributed by atoms with Crippen molar-refractivity contribution in [1.29, 1.82) is 0 Å². The average Bonchev–Trinajstić information content (AvgIpc) is 2.82. The van der Waals surface area contributed by atoms with Crippen molar-refractivity contribution in [3.05, 3.63) is 53.8 Å². The van der Waals surface area contributed by atoms with Crippen LogP contribution in [-0.4, -0.2) is 16.4 Å². The molecule has 0 atom stereocenters. The molecule has 0 fully saturated rings. The second-order valence-corrected chi connectivity index (χ2v) is 5.03. The number of oxime groups is 1. The van der Waals surface area contributed by atoms with E-state index in [0.717, 1.165) is 26.4 Å². The van der Waals surface area contributed by atoms with Crippen molar-refractivity contribution in [3.63, 3.8) is 0 Å². The smallest absolute Gasteiger partial charge is 0.124 e. The normalized spacial score (nSPS) is 11.4. The van der Waals surface area contributed by atoms with Crippen LogP contribution >= 0.6 is 11.3 Å². The molecule has 0 spiro atoms. The Morgan fingerprint density at radius 1 is 1.21 bits per heavy atom. The van der Waals surface area contributed by atoms with E-state index < -0.39 is 0 Å². The fraction of sp³-hybridized carbons (Fsp3) is 0. The molecule has 0 unspecified atom stereocenters. The highest BCUT2D eigenvalue weighted by molar-refractivity contribution is 7.21. The zero-order chi connectivity index (χ0) is 13.2. The summed E-state index contributed by atoms with van der Waals surface area (Å²) in [4.78, 5) is 4.47. The van der Waals surface area contributed by atoms with Crippen molar-refractivity contribution in [2.24, 2.45) is 5.16 Å². The summed E-state index contributed by atoms with van der Waals surface area (Å²) in [6.45, 7) is 0. The van der Waals surface area contributed by atoms with Gasteiger partial charge in [0.25, 0.3) is 0 Å². The summed E-state index contributed by atoms with van der Waals surface area (Å²) < 4.78 is 14.0. The Kier molecular flexibility index (Phi) is 2.97. The van der Waals surface area contributed by atoms with E-state index >= 15 is 0 Å². The number of nitrogens with zero attached hydrogens (tertiary/aromatic N) is 2. The predicted octanol–water partition coefficient (Wildman–Crippen LogP) is 3.91. The number of benzene rings is 2. The first-order valence-electron chi connectivity index (χ1n) is 5.60. The Morgan fingerprint density at radius 3 is 2.95 bits per heavy atom. The monoisotopic (exact) mass is 272 g/mol. The van der Waals surface area contributed by atoms with E-state index in [4.69, 9.17) is 5.21 Å². The number of hydrogen-bond acceptors (Lipinski definition) is 4. The van der Waals surface area contributed by atoms with Crippen molar-refractivity contribution in [2.45, 2.75) is 0 Å². The Labute approximate surface area is 112 Å². The topological polar surface area (TPSA) is 45.5 Å². The molecule has 3 aromatic rings. The summed E-state index contributed by atoms with van der Waals surface area (Å²) in [6.07, 6.45) is 1.36. The Hall–Kier alpha value is -2.27. The summed E-state index contributed by atoms with van der Waals surface area (Å²) in [5.74, 6) is -0.260. The lowest BCUT2D eigenvalue weighted by Crippen LogP contribution is -1.82. The van der Waals surface area contributed by atoms with Gasteiger partial charge in [-0.05, 0) is 29.8 Å². The molecule has 3 rings (SSSR count). The summed E-state index contributed by atoms with van der Waals surface area (Å²) >= 11 is 1.43. The molecule has 0 radical (unpaired) electrons. The van der Waals surface area contributed by atoms with Gasteiger partial charge in [0.15, 0.2) is 0 Å². The summed E-state index contributed by atoms with van der Waals surface area (Å²) in [5, 5.41) is 12.4. The molecule has 0 aliphatic rings. The zero-order valence-electron chi connectivity index (χ0n) is 9.75. The molecule has 0 aliphatic heterocycles. The van der Waals surface area contributed by atoms with E-state index in [1.807, 2.05) is 24.3 Å². The Balaban J connectivity index is 2.10. The molecule has 2 aromatic carbocycles. The summed E-state index contributed by atoms with van der Waals surface area (Å²) in [7, 11) is 0. The fourth-order valence-electron chi connectivity index (χ4n) is 1.84. The highest BCUT2D eigenvalue weighted by Crippen LogP contribution is 2.30. The van der Waals surface area contributed by atoms with Gasteiger partial charge in [-0.1, -0.05) is 23.4 Å². The van der Waals surface area contributed by atoms with Gasteiger partial charge in [-0.3, -0.25) is 0 Å². The third-order valence-corrected chi connectivity index (χ3v) is 3.76. The molecular weight excluding hydrogens is 263 g/mol. The van der Waals surface area contributed by atoms with Gasteiger partial charge in [0, 0.05) is 5.56 Å². The van der Waals surface area contributed by atoms with Crippen LogP contribution in [0.1, 0.15) is 5.56 Å². The number of rotatable bonds is 2. The van der Waals surface area contributed by atoms with E-state index in [2.05, 4.69) is 10.1 Å². The van der Waals surface area contributed by atoms with E-state index in [-0.39, 0.29) is 5.82 Å². The summed E-state index contributed by atoms with van der Waals surface area (Å²) in [6, 6.07) is 12.0. The van der Waals surface area contributed by atoms with Crippen LogP contribution in [0.5, 0.6) is 0 Å². The van der Waals surface area contributed by atoms with Crippen LogP contribution < -0.4 is 0 Å². The standard InChI is InChI=1S/C14H9FN2OS/c15-11-4-5-12-13(7-11)19-14(17-12)10-3-1-2-9(6-10)8-16-18/h1-8,18H/b16-8-. The lowest BCUT2D eigenvalue weighted by molar-refractivity contribution is 0.322. The van der Waals surface area contributed by atoms with Gasteiger partial charge in [-0.2, -0.15) is 0 Å². The maximum absolute atomic E-state index is 13.1. The Bertz CT molecular complexity index is 767. The SMILES string of the molecule is O/N=C\c1cccc(-c2nc3ccc(F)cc3s2)c1. The molecule has 1 N–H and O–H groups in total. The lowest BCUT2D eigenvalue weighted by Gasteiger charge is -1.97. The van der Waals surface area contributed by atoms with Crippen molar-refractivity contribution < 1.29 is 9.60 Å². The molecule has 0 aliphatic carbocycles. The quantitative estimate of drug-likeness (QED) is 0.436. The second-order valence-electron chi connectivity index (χ2n) is 4.00. The first-order valence-corrected chi connectivity index (χ1v) is 6.42. The van der Waals surface area contributed by atoms with Crippen molar-refractivity contribution in [2.75, 3.05) is 0 Å². The van der Waals surface area contributed by atoms with Crippen LogP contribution in [0.3, 0.4) is 0 Å². The van der Waals surface area contributed by atoms with Gasteiger partial charge in [-0.25, -0.2) is 9.37 Å². The minimum absolute atomic E-state index is 0.260. The van der Waals surface area contributed by atoms with Crippen molar-refractivity contribution in [1.82, 2.24) is 4.98 Å². The highest BCUT2D eigenvalue weighted by atomic mass is 32.1. The van der Waals surface area contributed by atoms with Gasteiger partial charge in [0.1, 0.15) is 10.8 Å². The molecular formula is C14H9FN2OS.